The number of carbonyl (C=O) groups excluding carboxylic acids is 1. The summed E-state index contributed by atoms with van der Waals surface area (Å²) in [6.45, 7) is 2.08. The molecule has 33 heavy (non-hydrogen) atoms. The first kappa shape index (κ1) is 21.7. The second-order valence-electron chi connectivity index (χ2n) is 10.2. The maximum Gasteiger partial charge on any atom is 0.303 e. The van der Waals surface area contributed by atoms with Crippen molar-refractivity contribution in [2.24, 2.45) is 18.4 Å². The van der Waals surface area contributed by atoms with Crippen LogP contribution in [0.25, 0.3) is 22.2 Å². The Kier molecular flexibility index (Phi) is 5.26. The van der Waals surface area contributed by atoms with E-state index in [9.17, 15) is 14.7 Å². The van der Waals surface area contributed by atoms with Crippen LogP contribution in [-0.2, 0) is 11.8 Å². The quantitative estimate of drug-likeness (QED) is 0.548. The lowest BCUT2D eigenvalue weighted by molar-refractivity contribution is -0.140. The van der Waals surface area contributed by atoms with Crippen molar-refractivity contribution in [1.29, 1.82) is 0 Å². The van der Waals surface area contributed by atoms with Crippen molar-refractivity contribution in [2.75, 3.05) is 0 Å². The average Bonchev–Trinajstić information content (AvgIpc) is 3.16. The van der Waals surface area contributed by atoms with Gasteiger partial charge in [-0.15, -0.1) is 0 Å². The van der Waals surface area contributed by atoms with Crippen molar-refractivity contribution in [3.63, 3.8) is 0 Å². The number of benzene rings is 2. The van der Waals surface area contributed by atoms with Crippen molar-refractivity contribution < 1.29 is 14.7 Å². The van der Waals surface area contributed by atoms with E-state index in [2.05, 4.69) is 29.5 Å². The summed E-state index contributed by atoms with van der Waals surface area (Å²) in [6.07, 6.45) is 6.01. The molecule has 3 saturated carbocycles. The van der Waals surface area contributed by atoms with Gasteiger partial charge in [-0.2, -0.15) is 5.10 Å². The largest absolute Gasteiger partial charge is 0.481 e. The lowest BCUT2D eigenvalue weighted by Gasteiger charge is -2.56. The Balaban J connectivity index is 1.28. The van der Waals surface area contributed by atoms with Crippen molar-refractivity contribution in [3.05, 3.63) is 54.1 Å². The number of aromatic nitrogens is 2. The fourth-order valence-corrected chi connectivity index (χ4v) is 6.14. The van der Waals surface area contributed by atoms with Crippen molar-refractivity contribution >= 4 is 22.8 Å². The van der Waals surface area contributed by atoms with Gasteiger partial charge in [0.05, 0.1) is 5.52 Å². The second kappa shape index (κ2) is 8.01. The van der Waals surface area contributed by atoms with Crippen molar-refractivity contribution in [1.82, 2.24) is 15.1 Å². The minimum atomic E-state index is -0.713. The molecule has 0 saturated heterocycles. The number of para-hydroxylation sites is 1. The SMILES string of the molecule is CC(CC(=O)O)C12CCC(NC(=O)c3ccc(-c4nn(C)c5ccccc45)cc3)(CC1)CC2. The Hall–Kier alpha value is -3.15. The van der Waals surface area contributed by atoms with E-state index in [1.54, 1.807) is 0 Å². The van der Waals surface area contributed by atoms with E-state index in [1.165, 1.54) is 0 Å². The predicted octanol–water partition coefficient (Wildman–Crippen LogP) is 5.17. The molecule has 0 aliphatic heterocycles. The Morgan fingerprint density at radius 1 is 1.03 bits per heavy atom. The molecule has 3 fully saturated rings. The maximum absolute atomic E-state index is 13.1. The fraction of sp³-hybridized carbons (Fsp3) is 0.444. The monoisotopic (exact) mass is 445 g/mol. The lowest BCUT2D eigenvalue weighted by atomic mass is 9.53. The van der Waals surface area contributed by atoms with Gasteiger partial charge in [0.2, 0.25) is 0 Å². The molecular weight excluding hydrogens is 414 g/mol. The highest BCUT2D eigenvalue weighted by Gasteiger charge is 2.51. The van der Waals surface area contributed by atoms with Crippen molar-refractivity contribution in [3.8, 4) is 11.3 Å². The molecule has 1 amide bonds. The molecule has 3 aliphatic carbocycles. The van der Waals surface area contributed by atoms with E-state index in [4.69, 9.17) is 0 Å². The molecule has 172 valence electrons. The molecule has 6 heteroatoms. The van der Waals surface area contributed by atoms with Gasteiger partial charge < -0.3 is 10.4 Å². The highest BCUT2D eigenvalue weighted by Crippen LogP contribution is 2.56. The van der Waals surface area contributed by atoms with Gasteiger partial charge in [0.25, 0.3) is 5.91 Å². The van der Waals surface area contributed by atoms with Gasteiger partial charge in [0, 0.05) is 35.5 Å². The zero-order valence-corrected chi connectivity index (χ0v) is 19.3. The maximum atomic E-state index is 13.1. The number of hydrogen-bond donors (Lipinski definition) is 2. The third-order valence-corrected chi connectivity index (χ3v) is 8.39. The van der Waals surface area contributed by atoms with E-state index in [-0.39, 0.29) is 29.2 Å². The number of carboxylic acids is 1. The number of nitrogens with zero attached hydrogens (tertiary/aromatic N) is 2. The van der Waals surface area contributed by atoms with Crippen LogP contribution in [0.4, 0.5) is 0 Å². The van der Waals surface area contributed by atoms with Crippen LogP contribution < -0.4 is 5.32 Å². The average molecular weight is 446 g/mol. The number of carbonyl (C=O) groups is 2. The minimum Gasteiger partial charge on any atom is -0.481 e. The molecule has 1 unspecified atom stereocenters. The summed E-state index contributed by atoms with van der Waals surface area (Å²) >= 11 is 0. The molecule has 6 nitrogen and oxygen atoms in total. The number of rotatable bonds is 6. The summed E-state index contributed by atoms with van der Waals surface area (Å²) in [5, 5.41) is 18.3. The fourth-order valence-electron chi connectivity index (χ4n) is 6.14. The van der Waals surface area contributed by atoms with Crippen LogP contribution in [0.5, 0.6) is 0 Å². The first-order chi connectivity index (χ1) is 15.8. The zero-order valence-electron chi connectivity index (χ0n) is 19.3. The van der Waals surface area contributed by atoms with Gasteiger partial charge in [-0.1, -0.05) is 37.3 Å². The van der Waals surface area contributed by atoms with Crippen LogP contribution in [0.3, 0.4) is 0 Å². The van der Waals surface area contributed by atoms with Gasteiger partial charge in [-0.3, -0.25) is 14.3 Å². The molecular formula is C27H31N3O3. The highest BCUT2D eigenvalue weighted by atomic mass is 16.4. The second-order valence-corrected chi connectivity index (χ2v) is 10.2. The molecule has 2 aromatic carbocycles. The van der Waals surface area contributed by atoms with Crippen LogP contribution in [0.15, 0.2) is 48.5 Å². The molecule has 3 aromatic rings. The summed E-state index contributed by atoms with van der Waals surface area (Å²) < 4.78 is 1.88. The summed E-state index contributed by atoms with van der Waals surface area (Å²) in [4.78, 5) is 24.3. The summed E-state index contributed by atoms with van der Waals surface area (Å²) in [5.41, 5.74) is 3.63. The van der Waals surface area contributed by atoms with Gasteiger partial charge in [0.1, 0.15) is 5.69 Å². The third kappa shape index (κ3) is 3.81. The van der Waals surface area contributed by atoms with E-state index in [0.717, 1.165) is 60.7 Å². The number of aryl methyl sites for hydroxylation is 1. The van der Waals surface area contributed by atoms with E-state index < -0.39 is 5.97 Å². The standard InChI is InChI=1S/C27H31N3O3/c1-18(17-23(31)32)26-11-14-27(15-12-26,16-13-26)28-25(33)20-9-7-19(8-10-20)24-21-5-3-4-6-22(21)30(2)29-24/h3-10,18H,11-17H2,1-2H3,(H,28,33)(H,31,32). The van der Waals surface area contributed by atoms with Gasteiger partial charge in [0.15, 0.2) is 0 Å². The summed E-state index contributed by atoms with van der Waals surface area (Å²) in [5.74, 6) is -0.561. The molecule has 1 atom stereocenters. The van der Waals surface area contributed by atoms with Crippen LogP contribution in [-0.4, -0.2) is 32.3 Å². The first-order valence-electron chi connectivity index (χ1n) is 11.9. The van der Waals surface area contributed by atoms with Crippen molar-refractivity contribution in [2.45, 2.75) is 57.4 Å². The predicted molar refractivity (Wildman–Crippen MR) is 128 cm³/mol. The normalized spacial score (nSPS) is 25.2. The molecule has 1 heterocycles. The molecule has 6 rings (SSSR count). The number of carboxylic acid groups (broad SMARTS) is 1. The molecule has 1 aromatic heterocycles. The first-order valence-corrected chi connectivity index (χ1v) is 11.9. The topological polar surface area (TPSA) is 84.2 Å². The molecule has 3 aliphatic rings. The number of amides is 1. The molecule has 2 N–H and O–H groups in total. The Morgan fingerprint density at radius 3 is 2.30 bits per heavy atom. The van der Waals surface area contributed by atoms with Gasteiger partial charge >= 0.3 is 5.97 Å². The zero-order chi connectivity index (χ0) is 23.2. The Morgan fingerprint density at radius 2 is 1.67 bits per heavy atom. The number of nitrogens with one attached hydrogen (secondary N) is 1. The summed E-state index contributed by atoms with van der Waals surface area (Å²) in [6, 6.07) is 15.9. The smallest absolute Gasteiger partial charge is 0.303 e. The van der Waals surface area contributed by atoms with Gasteiger partial charge in [-0.05, 0) is 68.1 Å². The van der Waals surface area contributed by atoms with E-state index in [0.29, 0.717) is 5.56 Å². The number of fused-ring (bicyclic) bond motifs is 4. The van der Waals surface area contributed by atoms with Gasteiger partial charge in [-0.25, -0.2) is 0 Å². The van der Waals surface area contributed by atoms with E-state index in [1.807, 2.05) is 48.1 Å². The molecule has 0 spiro atoms. The van der Waals surface area contributed by atoms with Crippen LogP contribution in [0, 0.1) is 11.3 Å². The third-order valence-electron chi connectivity index (χ3n) is 8.39. The van der Waals surface area contributed by atoms with Crippen LogP contribution >= 0.6 is 0 Å². The van der Waals surface area contributed by atoms with Crippen LogP contribution in [0.1, 0.15) is 62.2 Å². The number of aliphatic carboxylic acids is 1. The Labute approximate surface area is 194 Å². The highest BCUT2D eigenvalue weighted by molar-refractivity contribution is 5.97. The van der Waals surface area contributed by atoms with Crippen LogP contribution in [0.2, 0.25) is 0 Å². The number of hydrogen-bond acceptors (Lipinski definition) is 3. The van der Waals surface area contributed by atoms with E-state index >= 15 is 0 Å². The molecule has 2 bridgehead atoms. The lowest BCUT2D eigenvalue weighted by Crippen LogP contribution is -2.57. The Bertz CT molecular complexity index is 1190. The molecule has 0 radical (unpaired) electrons. The minimum absolute atomic E-state index is 0.0274. The summed E-state index contributed by atoms with van der Waals surface area (Å²) in [7, 11) is 1.94.